The van der Waals surface area contributed by atoms with Gasteiger partial charge in [0.15, 0.2) is 5.69 Å². The number of thiocarbonyl (C=S) groups is 1. The summed E-state index contributed by atoms with van der Waals surface area (Å²) in [6.45, 7) is 1.89. The zero-order valence-electron chi connectivity index (χ0n) is 14.0. The minimum Gasteiger partial charge on any atom is -0.493 e. The standard InChI is InChI=1S/C18H17N5O2S/c1-11-6-8-12(9-7-11)20-15(24)10-23-14-5-3-2-4-13(14)16(17(23)25)21-22-18(19)26/h2-9,25H,10H2,1H3,(H2,19,26)(H,20,24). The lowest BCUT2D eigenvalue weighted by atomic mass is 10.2. The number of hydrogen-bond acceptors (Lipinski definition) is 4. The van der Waals surface area contributed by atoms with Crippen molar-refractivity contribution in [3.05, 3.63) is 54.1 Å². The van der Waals surface area contributed by atoms with Gasteiger partial charge >= 0.3 is 0 Å². The molecule has 0 spiro atoms. The van der Waals surface area contributed by atoms with Crippen LogP contribution in [0.5, 0.6) is 5.88 Å². The average Bonchev–Trinajstić information content (AvgIpc) is 2.87. The number of carbonyl (C=O) groups is 1. The highest BCUT2D eigenvalue weighted by molar-refractivity contribution is 7.80. The van der Waals surface area contributed by atoms with E-state index in [1.54, 1.807) is 18.2 Å². The molecule has 0 aliphatic carbocycles. The van der Waals surface area contributed by atoms with Crippen LogP contribution < -0.4 is 11.1 Å². The van der Waals surface area contributed by atoms with Crippen molar-refractivity contribution in [3.8, 4) is 5.88 Å². The fraction of sp³-hybridized carbons (Fsp3) is 0.111. The second-order valence-corrected chi connectivity index (χ2v) is 6.15. The van der Waals surface area contributed by atoms with E-state index in [9.17, 15) is 9.90 Å². The Morgan fingerprint density at radius 3 is 2.62 bits per heavy atom. The third-order valence-electron chi connectivity index (χ3n) is 3.80. The lowest BCUT2D eigenvalue weighted by molar-refractivity contribution is -0.116. The van der Waals surface area contributed by atoms with Gasteiger partial charge < -0.3 is 20.7 Å². The number of hydrogen-bond donors (Lipinski definition) is 3. The molecule has 2 aromatic carbocycles. The fourth-order valence-electron chi connectivity index (χ4n) is 2.61. The molecule has 1 aromatic heterocycles. The zero-order chi connectivity index (χ0) is 18.7. The fourth-order valence-corrected chi connectivity index (χ4v) is 2.65. The molecule has 26 heavy (non-hydrogen) atoms. The molecule has 0 radical (unpaired) electrons. The van der Waals surface area contributed by atoms with E-state index in [4.69, 9.17) is 5.73 Å². The first-order chi connectivity index (χ1) is 12.5. The summed E-state index contributed by atoms with van der Waals surface area (Å²) in [4.78, 5) is 12.4. The predicted octanol–water partition coefficient (Wildman–Crippen LogP) is 3.62. The molecule has 4 N–H and O–H groups in total. The lowest BCUT2D eigenvalue weighted by Crippen LogP contribution is -2.18. The summed E-state index contributed by atoms with van der Waals surface area (Å²) < 4.78 is 1.47. The molecule has 7 nitrogen and oxygen atoms in total. The number of carbonyl (C=O) groups excluding carboxylic acids is 1. The molecule has 0 unspecified atom stereocenters. The Labute approximate surface area is 155 Å². The van der Waals surface area contributed by atoms with Crippen LogP contribution in [0, 0.1) is 6.92 Å². The van der Waals surface area contributed by atoms with Gasteiger partial charge in [0.2, 0.25) is 16.9 Å². The molecule has 0 aliphatic rings. The monoisotopic (exact) mass is 367 g/mol. The Hall–Kier alpha value is -3.26. The normalized spacial score (nSPS) is 11.1. The summed E-state index contributed by atoms with van der Waals surface area (Å²) in [7, 11) is 0. The number of aromatic nitrogens is 1. The summed E-state index contributed by atoms with van der Waals surface area (Å²) >= 11 is 4.68. The van der Waals surface area contributed by atoms with Crippen molar-refractivity contribution >= 4 is 45.5 Å². The first kappa shape index (κ1) is 17.6. The van der Waals surface area contributed by atoms with E-state index in [0.717, 1.165) is 5.56 Å². The maximum absolute atomic E-state index is 12.4. The van der Waals surface area contributed by atoms with E-state index in [1.807, 2.05) is 37.3 Å². The van der Waals surface area contributed by atoms with Crippen LogP contribution in [0.3, 0.4) is 0 Å². The maximum atomic E-state index is 12.4. The number of nitrogens with one attached hydrogen (secondary N) is 1. The van der Waals surface area contributed by atoms with Gasteiger partial charge in [-0.15, -0.1) is 10.2 Å². The predicted molar refractivity (Wildman–Crippen MR) is 105 cm³/mol. The third kappa shape index (κ3) is 3.70. The maximum Gasteiger partial charge on any atom is 0.244 e. The van der Waals surface area contributed by atoms with Crippen LogP contribution in [0.25, 0.3) is 10.9 Å². The van der Waals surface area contributed by atoms with Crippen LogP contribution in [-0.4, -0.2) is 20.7 Å². The molecule has 1 heterocycles. The van der Waals surface area contributed by atoms with Crippen LogP contribution in [0.2, 0.25) is 0 Å². The topological polar surface area (TPSA) is 105 Å². The van der Waals surface area contributed by atoms with Gasteiger partial charge in [0, 0.05) is 11.1 Å². The van der Waals surface area contributed by atoms with Crippen molar-refractivity contribution < 1.29 is 9.90 Å². The van der Waals surface area contributed by atoms with Crippen molar-refractivity contribution in [1.29, 1.82) is 0 Å². The molecule has 0 aliphatic heterocycles. The highest BCUT2D eigenvalue weighted by Gasteiger charge is 2.18. The first-order valence-electron chi connectivity index (χ1n) is 7.83. The number of anilines is 1. The SMILES string of the molecule is Cc1ccc(NC(=O)Cn2c(O)c(N=NC(N)=S)c3ccccc32)cc1. The van der Waals surface area contributed by atoms with E-state index < -0.39 is 0 Å². The number of aromatic hydroxyl groups is 1. The molecular formula is C18H17N5O2S. The van der Waals surface area contributed by atoms with Gasteiger partial charge in [-0.3, -0.25) is 4.79 Å². The third-order valence-corrected chi connectivity index (χ3v) is 3.88. The lowest BCUT2D eigenvalue weighted by Gasteiger charge is -2.08. The van der Waals surface area contributed by atoms with Crippen LogP contribution in [-0.2, 0) is 11.3 Å². The van der Waals surface area contributed by atoms with Crippen molar-refractivity contribution in [2.75, 3.05) is 5.32 Å². The molecule has 1 amide bonds. The van der Waals surface area contributed by atoms with Gasteiger partial charge in [-0.25, -0.2) is 0 Å². The number of nitrogens with two attached hydrogens (primary N) is 1. The molecule has 0 saturated heterocycles. The number of azo groups is 1. The smallest absolute Gasteiger partial charge is 0.244 e. The number of aryl methyl sites for hydroxylation is 1. The Morgan fingerprint density at radius 2 is 1.92 bits per heavy atom. The van der Waals surface area contributed by atoms with E-state index in [2.05, 4.69) is 27.8 Å². The van der Waals surface area contributed by atoms with Gasteiger partial charge in [0.05, 0.1) is 5.52 Å². The van der Waals surface area contributed by atoms with Crippen LogP contribution >= 0.6 is 12.2 Å². The second kappa shape index (κ2) is 7.32. The Kier molecular flexibility index (Phi) is 4.94. The van der Waals surface area contributed by atoms with Crippen molar-refractivity contribution in [3.63, 3.8) is 0 Å². The molecule has 3 aromatic rings. The summed E-state index contributed by atoms with van der Waals surface area (Å²) in [5.41, 5.74) is 8.00. The first-order valence-corrected chi connectivity index (χ1v) is 8.24. The van der Waals surface area contributed by atoms with Crippen LogP contribution in [0.4, 0.5) is 11.4 Å². The van der Waals surface area contributed by atoms with E-state index in [0.29, 0.717) is 16.6 Å². The second-order valence-electron chi connectivity index (χ2n) is 5.73. The Morgan fingerprint density at radius 1 is 1.23 bits per heavy atom. The molecule has 132 valence electrons. The summed E-state index contributed by atoms with van der Waals surface area (Å²) in [6, 6.07) is 14.6. The molecule has 3 rings (SSSR count). The molecule has 8 heteroatoms. The highest BCUT2D eigenvalue weighted by atomic mass is 32.1. The highest BCUT2D eigenvalue weighted by Crippen LogP contribution is 2.38. The van der Waals surface area contributed by atoms with Crippen molar-refractivity contribution in [2.45, 2.75) is 13.5 Å². The number of para-hydroxylation sites is 1. The van der Waals surface area contributed by atoms with E-state index in [1.165, 1.54) is 4.57 Å². The summed E-state index contributed by atoms with van der Waals surface area (Å²) in [5.74, 6) is -0.451. The average molecular weight is 367 g/mol. The number of nitrogens with zero attached hydrogens (tertiary/aromatic N) is 3. The Bertz CT molecular complexity index is 1010. The number of amides is 1. The van der Waals surface area contributed by atoms with Gasteiger partial charge in [-0.2, -0.15) is 0 Å². The van der Waals surface area contributed by atoms with E-state index in [-0.39, 0.29) is 29.1 Å². The minimum atomic E-state index is -0.275. The van der Waals surface area contributed by atoms with Crippen molar-refractivity contribution in [1.82, 2.24) is 4.57 Å². The molecule has 0 saturated carbocycles. The number of benzene rings is 2. The molecular weight excluding hydrogens is 350 g/mol. The van der Waals surface area contributed by atoms with Crippen LogP contribution in [0.15, 0.2) is 58.8 Å². The van der Waals surface area contributed by atoms with E-state index >= 15 is 0 Å². The summed E-state index contributed by atoms with van der Waals surface area (Å²) in [6.07, 6.45) is 0. The largest absolute Gasteiger partial charge is 0.493 e. The molecule has 0 bridgehead atoms. The molecule has 0 atom stereocenters. The molecule has 0 fully saturated rings. The number of fused-ring (bicyclic) bond motifs is 1. The van der Waals surface area contributed by atoms with Gasteiger partial charge in [-0.1, -0.05) is 35.9 Å². The van der Waals surface area contributed by atoms with Crippen LogP contribution in [0.1, 0.15) is 5.56 Å². The van der Waals surface area contributed by atoms with Crippen molar-refractivity contribution in [2.24, 2.45) is 16.0 Å². The quantitative estimate of drug-likeness (QED) is 0.484. The van der Waals surface area contributed by atoms with Gasteiger partial charge in [-0.05, 0) is 37.3 Å². The zero-order valence-corrected chi connectivity index (χ0v) is 14.8. The van der Waals surface area contributed by atoms with Gasteiger partial charge in [0.25, 0.3) is 0 Å². The number of rotatable bonds is 4. The Balaban J connectivity index is 1.92. The van der Waals surface area contributed by atoms with Gasteiger partial charge in [0.1, 0.15) is 6.54 Å². The minimum absolute atomic E-state index is 0.0805. The summed E-state index contributed by atoms with van der Waals surface area (Å²) in [5, 5.41) is 21.4.